The van der Waals surface area contributed by atoms with E-state index in [0.29, 0.717) is 5.41 Å². The summed E-state index contributed by atoms with van der Waals surface area (Å²) in [7, 11) is 0. The first-order valence-corrected chi connectivity index (χ1v) is 6.53. The second-order valence-electron chi connectivity index (χ2n) is 5.27. The lowest BCUT2D eigenvalue weighted by Gasteiger charge is -2.17. The molecular formula is C17H21N. The Morgan fingerprint density at radius 3 is 2.72 bits per heavy atom. The van der Waals surface area contributed by atoms with Crippen molar-refractivity contribution >= 4 is 5.57 Å². The third kappa shape index (κ3) is 2.31. The van der Waals surface area contributed by atoms with Crippen molar-refractivity contribution in [1.29, 1.82) is 0 Å². The Morgan fingerprint density at radius 2 is 2.17 bits per heavy atom. The number of rotatable bonds is 4. The number of aromatic nitrogens is 1. The highest BCUT2D eigenvalue weighted by atomic mass is 14.6. The smallest absolute Gasteiger partial charge is 0.0311 e. The first-order chi connectivity index (χ1) is 8.62. The third-order valence-corrected chi connectivity index (χ3v) is 3.90. The Morgan fingerprint density at radius 1 is 1.44 bits per heavy atom. The van der Waals surface area contributed by atoms with Crippen molar-refractivity contribution in [2.75, 3.05) is 0 Å². The van der Waals surface area contributed by atoms with E-state index in [1.807, 2.05) is 18.5 Å². The van der Waals surface area contributed by atoms with E-state index in [2.05, 4.69) is 50.6 Å². The molecule has 0 aliphatic heterocycles. The van der Waals surface area contributed by atoms with E-state index in [1.54, 1.807) is 0 Å². The van der Waals surface area contributed by atoms with Crippen LogP contribution in [0.1, 0.15) is 44.7 Å². The van der Waals surface area contributed by atoms with E-state index in [-0.39, 0.29) is 0 Å². The molecule has 2 rings (SSSR count). The van der Waals surface area contributed by atoms with Crippen LogP contribution in [0, 0.1) is 0 Å². The van der Waals surface area contributed by atoms with E-state index in [0.717, 1.165) is 0 Å². The lowest BCUT2D eigenvalue weighted by atomic mass is 9.88. The van der Waals surface area contributed by atoms with Crippen LogP contribution in [0.25, 0.3) is 5.57 Å². The molecule has 0 radical (unpaired) electrons. The maximum absolute atomic E-state index is 4.31. The van der Waals surface area contributed by atoms with Crippen LogP contribution < -0.4 is 0 Å². The molecule has 0 spiro atoms. The normalized spacial score (nSPS) is 18.6. The molecule has 0 saturated heterocycles. The zero-order valence-electron chi connectivity index (χ0n) is 11.5. The maximum Gasteiger partial charge on any atom is 0.0311 e. The van der Waals surface area contributed by atoms with Crippen LogP contribution in [-0.4, -0.2) is 4.98 Å². The monoisotopic (exact) mass is 239 g/mol. The molecule has 94 valence electrons. The van der Waals surface area contributed by atoms with Crippen LogP contribution in [0.2, 0.25) is 0 Å². The van der Waals surface area contributed by atoms with Gasteiger partial charge in [0.25, 0.3) is 0 Å². The Labute approximate surface area is 110 Å². The summed E-state index contributed by atoms with van der Waals surface area (Å²) in [6.07, 6.45) is 12.5. The van der Waals surface area contributed by atoms with Crippen molar-refractivity contribution < 1.29 is 0 Å². The highest BCUT2D eigenvalue weighted by Gasteiger charge is 2.41. The lowest BCUT2D eigenvalue weighted by molar-refractivity contribution is 0.778. The fourth-order valence-electron chi connectivity index (χ4n) is 2.27. The standard InChI is InChI=1S/C17H21N/c1-5-7-14(13(3)6-2)15-8-11-18-12-16(15)17(4)9-10-17/h5-8,11-12H,1,9-10H2,2-4H3/b13-6-,14-7+. The summed E-state index contributed by atoms with van der Waals surface area (Å²) in [5.74, 6) is 0. The zero-order valence-corrected chi connectivity index (χ0v) is 11.5. The molecule has 1 heteroatoms. The zero-order chi connectivity index (χ0) is 13.2. The van der Waals surface area contributed by atoms with Crippen LogP contribution in [0.5, 0.6) is 0 Å². The largest absolute Gasteiger partial charge is 0.264 e. The van der Waals surface area contributed by atoms with Gasteiger partial charge >= 0.3 is 0 Å². The molecule has 1 aromatic rings. The minimum absolute atomic E-state index is 0.331. The van der Waals surface area contributed by atoms with Crippen molar-refractivity contribution in [3.05, 3.63) is 60.0 Å². The average molecular weight is 239 g/mol. The number of allylic oxidation sites excluding steroid dienone is 5. The van der Waals surface area contributed by atoms with E-state index < -0.39 is 0 Å². The summed E-state index contributed by atoms with van der Waals surface area (Å²) in [5.41, 5.74) is 5.56. The molecule has 0 N–H and O–H groups in total. The molecule has 0 unspecified atom stereocenters. The van der Waals surface area contributed by atoms with Crippen molar-refractivity contribution in [3.8, 4) is 0 Å². The predicted octanol–water partition coefficient (Wildman–Crippen LogP) is 4.67. The van der Waals surface area contributed by atoms with Crippen LogP contribution in [0.4, 0.5) is 0 Å². The van der Waals surface area contributed by atoms with Crippen molar-refractivity contribution in [1.82, 2.24) is 4.98 Å². The summed E-state index contributed by atoms with van der Waals surface area (Å²) in [6, 6.07) is 2.13. The van der Waals surface area contributed by atoms with Gasteiger partial charge in [0, 0.05) is 12.4 Å². The Kier molecular flexibility index (Phi) is 3.51. The lowest BCUT2D eigenvalue weighted by Crippen LogP contribution is -2.05. The fourth-order valence-corrected chi connectivity index (χ4v) is 2.27. The summed E-state index contributed by atoms with van der Waals surface area (Å²) in [5, 5.41) is 0. The van der Waals surface area contributed by atoms with Gasteiger partial charge in [-0.25, -0.2) is 0 Å². The first-order valence-electron chi connectivity index (χ1n) is 6.53. The summed E-state index contributed by atoms with van der Waals surface area (Å²) in [6.45, 7) is 10.4. The van der Waals surface area contributed by atoms with Gasteiger partial charge in [-0.1, -0.05) is 31.7 Å². The molecule has 0 amide bonds. The van der Waals surface area contributed by atoms with Gasteiger partial charge in [0.05, 0.1) is 0 Å². The molecule has 0 bridgehead atoms. The van der Waals surface area contributed by atoms with Gasteiger partial charge < -0.3 is 0 Å². The van der Waals surface area contributed by atoms with Crippen molar-refractivity contribution in [2.24, 2.45) is 0 Å². The minimum atomic E-state index is 0.331. The Balaban J connectivity index is 2.55. The van der Waals surface area contributed by atoms with Crippen LogP contribution >= 0.6 is 0 Å². The molecule has 1 aliphatic carbocycles. The van der Waals surface area contributed by atoms with Gasteiger partial charge in [0.2, 0.25) is 0 Å². The molecule has 1 nitrogen and oxygen atoms in total. The molecule has 1 saturated carbocycles. The van der Waals surface area contributed by atoms with Crippen LogP contribution in [0.3, 0.4) is 0 Å². The molecule has 1 heterocycles. The van der Waals surface area contributed by atoms with Gasteiger partial charge in [-0.3, -0.25) is 4.98 Å². The fraction of sp³-hybridized carbons (Fsp3) is 0.353. The molecule has 1 aliphatic rings. The van der Waals surface area contributed by atoms with Crippen LogP contribution in [0.15, 0.2) is 48.8 Å². The van der Waals surface area contributed by atoms with Crippen molar-refractivity contribution in [2.45, 2.75) is 39.0 Å². The minimum Gasteiger partial charge on any atom is -0.264 e. The summed E-state index contributed by atoms with van der Waals surface area (Å²) >= 11 is 0. The summed E-state index contributed by atoms with van der Waals surface area (Å²) in [4.78, 5) is 4.31. The Bertz CT molecular complexity index is 516. The van der Waals surface area contributed by atoms with E-state index >= 15 is 0 Å². The third-order valence-electron chi connectivity index (χ3n) is 3.90. The first kappa shape index (κ1) is 12.8. The van der Waals surface area contributed by atoms with E-state index in [4.69, 9.17) is 0 Å². The molecule has 18 heavy (non-hydrogen) atoms. The van der Waals surface area contributed by atoms with Crippen molar-refractivity contribution in [3.63, 3.8) is 0 Å². The molecule has 1 aromatic heterocycles. The summed E-state index contributed by atoms with van der Waals surface area (Å²) < 4.78 is 0. The molecule has 1 fully saturated rings. The van der Waals surface area contributed by atoms with Gasteiger partial charge in [-0.05, 0) is 60.4 Å². The highest BCUT2D eigenvalue weighted by Crippen LogP contribution is 2.50. The molecule has 0 aromatic carbocycles. The molecular weight excluding hydrogens is 218 g/mol. The maximum atomic E-state index is 4.31. The number of hydrogen-bond donors (Lipinski definition) is 0. The number of pyridine rings is 1. The van der Waals surface area contributed by atoms with Gasteiger partial charge in [0.15, 0.2) is 0 Å². The van der Waals surface area contributed by atoms with Crippen LogP contribution in [-0.2, 0) is 5.41 Å². The van der Waals surface area contributed by atoms with Gasteiger partial charge in [-0.2, -0.15) is 0 Å². The highest BCUT2D eigenvalue weighted by molar-refractivity contribution is 5.81. The van der Waals surface area contributed by atoms with E-state index in [1.165, 1.54) is 35.1 Å². The van der Waals surface area contributed by atoms with Gasteiger partial charge in [-0.15, -0.1) is 0 Å². The molecule has 0 atom stereocenters. The number of hydrogen-bond acceptors (Lipinski definition) is 1. The topological polar surface area (TPSA) is 12.9 Å². The quantitative estimate of drug-likeness (QED) is 0.696. The van der Waals surface area contributed by atoms with Gasteiger partial charge in [0.1, 0.15) is 0 Å². The average Bonchev–Trinajstić information content (AvgIpc) is 3.14. The second-order valence-corrected chi connectivity index (χ2v) is 5.27. The number of nitrogens with zero attached hydrogens (tertiary/aromatic N) is 1. The Hall–Kier alpha value is -1.63. The van der Waals surface area contributed by atoms with E-state index in [9.17, 15) is 0 Å². The second kappa shape index (κ2) is 4.93. The predicted molar refractivity (Wildman–Crippen MR) is 78.4 cm³/mol. The SMILES string of the molecule is C=C/C=C(\C(C)=C/C)c1ccncc1C1(C)CC1.